The molecule has 0 aliphatic heterocycles. The Morgan fingerprint density at radius 1 is 1.52 bits per heavy atom. The van der Waals surface area contributed by atoms with Crippen LogP contribution >= 0.6 is 11.8 Å². The van der Waals surface area contributed by atoms with Crippen LogP contribution in [0.5, 0.6) is 0 Å². The average molecular weight is 305 g/mol. The van der Waals surface area contributed by atoms with E-state index < -0.39 is 11.5 Å². The predicted octanol–water partition coefficient (Wildman–Crippen LogP) is 2.64. The van der Waals surface area contributed by atoms with Crippen molar-refractivity contribution in [2.24, 2.45) is 0 Å². The SMILES string of the molecule is CNC1(C(=O)O)CCCC(Sc2nc3ccccc3[nH]2)C1. The maximum Gasteiger partial charge on any atom is 0.323 e. The van der Waals surface area contributed by atoms with Crippen molar-refractivity contribution in [3.05, 3.63) is 24.3 Å². The lowest BCUT2D eigenvalue weighted by atomic mass is 9.81. The van der Waals surface area contributed by atoms with Crippen LogP contribution < -0.4 is 5.32 Å². The molecule has 2 unspecified atom stereocenters. The number of aliphatic carboxylic acids is 1. The van der Waals surface area contributed by atoms with E-state index >= 15 is 0 Å². The molecule has 0 bridgehead atoms. The number of likely N-dealkylation sites (N-methyl/N-ethyl adjacent to an activating group) is 1. The highest BCUT2D eigenvalue weighted by Crippen LogP contribution is 2.37. The Morgan fingerprint density at radius 2 is 2.33 bits per heavy atom. The van der Waals surface area contributed by atoms with E-state index in [2.05, 4.69) is 15.3 Å². The lowest BCUT2D eigenvalue weighted by Gasteiger charge is -2.36. The topological polar surface area (TPSA) is 78.0 Å². The summed E-state index contributed by atoms with van der Waals surface area (Å²) >= 11 is 1.66. The molecule has 0 saturated heterocycles. The van der Waals surface area contributed by atoms with E-state index in [1.165, 1.54) is 0 Å². The highest BCUT2D eigenvalue weighted by Gasteiger charge is 2.42. The molecule has 6 heteroatoms. The van der Waals surface area contributed by atoms with E-state index in [1.807, 2.05) is 24.3 Å². The van der Waals surface area contributed by atoms with Gasteiger partial charge in [0.2, 0.25) is 0 Å². The van der Waals surface area contributed by atoms with Gasteiger partial charge in [0.15, 0.2) is 5.16 Å². The molecule has 2 aromatic rings. The van der Waals surface area contributed by atoms with Crippen LogP contribution in [-0.2, 0) is 4.79 Å². The second kappa shape index (κ2) is 5.69. The molecule has 1 heterocycles. The van der Waals surface area contributed by atoms with Crippen LogP contribution in [0.2, 0.25) is 0 Å². The van der Waals surface area contributed by atoms with Crippen molar-refractivity contribution in [2.45, 2.75) is 41.6 Å². The van der Waals surface area contributed by atoms with Gasteiger partial charge in [0.1, 0.15) is 5.54 Å². The third-order valence-corrected chi connectivity index (χ3v) is 5.39. The quantitative estimate of drug-likeness (QED) is 0.809. The van der Waals surface area contributed by atoms with Crippen LogP contribution in [0.1, 0.15) is 25.7 Å². The molecular formula is C15H19N3O2S. The van der Waals surface area contributed by atoms with Crippen molar-refractivity contribution >= 4 is 28.8 Å². The number of H-pyrrole nitrogens is 1. The number of carboxylic acids is 1. The molecule has 0 amide bonds. The number of thioether (sulfide) groups is 1. The van der Waals surface area contributed by atoms with Crippen molar-refractivity contribution < 1.29 is 9.90 Å². The molecule has 1 aromatic carbocycles. The van der Waals surface area contributed by atoms with Crippen LogP contribution in [0.3, 0.4) is 0 Å². The summed E-state index contributed by atoms with van der Waals surface area (Å²) in [6.07, 6.45) is 3.26. The number of hydrogen-bond acceptors (Lipinski definition) is 4. The standard InChI is InChI=1S/C15H19N3O2S/c1-16-15(13(19)20)8-4-5-10(9-15)21-14-17-11-6-2-3-7-12(11)18-14/h2-3,6-7,10,16H,4-5,8-9H2,1H3,(H,17,18)(H,19,20). The summed E-state index contributed by atoms with van der Waals surface area (Å²) in [7, 11) is 1.74. The highest BCUT2D eigenvalue weighted by molar-refractivity contribution is 7.99. The summed E-state index contributed by atoms with van der Waals surface area (Å²) in [4.78, 5) is 19.4. The van der Waals surface area contributed by atoms with Gasteiger partial charge in [-0.15, -0.1) is 0 Å². The van der Waals surface area contributed by atoms with Crippen molar-refractivity contribution in [1.82, 2.24) is 15.3 Å². The third-order valence-electron chi connectivity index (χ3n) is 4.24. The number of carbonyl (C=O) groups is 1. The second-order valence-corrected chi connectivity index (χ2v) is 6.82. The Hall–Kier alpha value is -1.53. The fourth-order valence-corrected chi connectivity index (χ4v) is 4.28. The van der Waals surface area contributed by atoms with E-state index in [-0.39, 0.29) is 5.25 Å². The maximum atomic E-state index is 11.6. The van der Waals surface area contributed by atoms with Crippen LogP contribution in [0.4, 0.5) is 0 Å². The Balaban J connectivity index is 1.76. The first-order valence-corrected chi connectivity index (χ1v) is 8.05. The van der Waals surface area contributed by atoms with Crippen molar-refractivity contribution in [2.75, 3.05) is 7.05 Å². The summed E-state index contributed by atoms with van der Waals surface area (Å²) in [6.45, 7) is 0. The van der Waals surface area contributed by atoms with E-state index in [0.29, 0.717) is 12.8 Å². The summed E-state index contributed by atoms with van der Waals surface area (Å²) in [5.41, 5.74) is 1.19. The third kappa shape index (κ3) is 2.78. The number of rotatable bonds is 4. The van der Waals surface area contributed by atoms with Gasteiger partial charge in [-0.1, -0.05) is 23.9 Å². The molecule has 0 radical (unpaired) electrons. The number of benzene rings is 1. The molecule has 1 fully saturated rings. The molecule has 1 aliphatic rings. The molecule has 0 spiro atoms. The minimum Gasteiger partial charge on any atom is -0.480 e. The minimum atomic E-state index is -0.790. The first-order chi connectivity index (χ1) is 10.1. The van der Waals surface area contributed by atoms with Crippen molar-refractivity contribution in [3.8, 4) is 0 Å². The van der Waals surface area contributed by atoms with Gasteiger partial charge in [-0.2, -0.15) is 0 Å². The number of carboxylic acid groups (broad SMARTS) is 1. The molecule has 1 aromatic heterocycles. The van der Waals surface area contributed by atoms with Crippen molar-refractivity contribution in [3.63, 3.8) is 0 Å². The molecule has 21 heavy (non-hydrogen) atoms. The van der Waals surface area contributed by atoms with Gasteiger partial charge in [-0.3, -0.25) is 4.79 Å². The molecule has 5 nitrogen and oxygen atoms in total. The van der Waals surface area contributed by atoms with Crippen LogP contribution in [-0.4, -0.2) is 38.9 Å². The Labute approximate surface area is 127 Å². The monoisotopic (exact) mass is 305 g/mol. The van der Waals surface area contributed by atoms with Crippen LogP contribution in [0.25, 0.3) is 11.0 Å². The summed E-state index contributed by atoms with van der Waals surface area (Å²) in [5, 5.41) is 13.6. The van der Waals surface area contributed by atoms with Crippen molar-refractivity contribution in [1.29, 1.82) is 0 Å². The lowest BCUT2D eigenvalue weighted by molar-refractivity contribution is -0.146. The summed E-state index contributed by atoms with van der Waals surface area (Å²) in [5.74, 6) is -0.750. The smallest absolute Gasteiger partial charge is 0.323 e. The van der Waals surface area contributed by atoms with Crippen LogP contribution in [0, 0.1) is 0 Å². The molecule has 2 atom stereocenters. The largest absolute Gasteiger partial charge is 0.480 e. The fraction of sp³-hybridized carbons (Fsp3) is 0.467. The Kier molecular flexibility index (Phi) is 3.91. The molecule has 1 saturated carbocycles. The number of fused-ring (bicyclic) bond motifs is 1. The van der Waals surface area contributed by atoms with Gasteiger partial charge in [-0.25, -0.2) is 4.98 Å². The number of imidazole rings is 1. The zero-order valence-electron chi connectivity index (χ0n) is 11.9. The molecule has 112 valence electrons. The van der Waals surface area contributed by atoms with Gasteiger partial charge < -0.3 is 15.4 Å². The Bertz CT molecular complexity index is 624. The molecule has 3 N–H and O–H groups in total. The highest BCUT2D eigenvalue weighted by atomic mass is 32.2. The Morgan fingerprint density at radius 3 is 3.05 bits per heavy atom. The number of hydrogen-bond donors (Lipinski definition) is 3. The van der Waals surface area contributed by atoms with E-state index in [1.54, 1.807) is 18.8 Å². The maximum absolute atomic E-state index is 11.6. The van der Waals surface area contributed by atoms with Gasteiger partial charge >= 0.3 is 5.97 Å². The second-order valence-electron chi connectivity index (χ2n) is 5.53. The first-order valence-electron chi connectivity index (χ1n) is 7.17. The van der Waals surface area contributed by atoms with Gasteiger partial charge in [0, 0.05) is 5.25 Å². The number of aromatic amines is 1. The van der Waals surface area contributed by atoms with E-state index in [4.69, 9.17) is 0 Å². The van der Waals surface area contributed by atoms with Gasteiger partial charge in [-0.05, 0) is 44.9 Å². The first kappa shape index (κ1) is 14.4. The minimum absolute atomic E-state index is 0.267. The number of para-hydroxylation sites is 2. The summed E-state index contributed by atoms with van der Waals surface area (Å²) in [6, 6.07) is 7.93. The predicted molar refractivity (Wildman–Crippen MR) is 83.6 cm³/mol. The van der Waals surface area contributed by atoms with Gasteiger partial charge in [0.05, 0.1) is 11.0 Å². The zero-order valence-corrected chi connectivity index (χ0v) is 12.7. The normalized spacial score (nSPS) is 26.0. The van der Waals surface area contributed by atoms with E-state index in [0.717, 1.165) is 29.0 Å². The lowest BCUT2D eigenvalue weighted by Crippen LogP contribution is -2.53. The molecular weight excluding hydrogens is 286 g/mol. The number of aromatic nitrogens is 2. The fourth-order valence-electron chi connectivity index (χ4n) is 3.00. The number of nitrogens with zero attached hydrogens (tertiary/aromatic N) is 1. The number of nitrogens with one attached hydrogen (secondary N) is 2. The van der Waals surface area contributed by atoms with Crippen LogP contribution in [0.15, 0.2) is 29.4 Å². The van der Waals surface area contributed by atoms with Gasteiger partial charge in [0.25, 0.3) is 0 Å². The zero-order chi connectivity index (χ0) is 14.9. The van der Waals surface area contributed by atoms with E-state index in [9.17, 15) is 9.90 Å². The molecule has 1 aliphatic carbocycles. The molecule has 3 rings (SSSR count). The average Bonchev–Trinajstić information content (AvgIpc) is 2.89. The summed E-state index contributed by atoms with van der Waals surface area (Å²) < 4.78 is 0.